The fraction of sp³-hybridized carbons (Fsp3) is 0.440. The Labute approximate surface area is 194 Å². The SMILES string of the molecule is Cc1ccccc1CN(C(=O)Cc1ccc(Cl)cc1Cl)[C@H](C)C(=O)NC1CCCCC1. The summed E-state index contributed by atoms with van der Waals surface area (Å²) in [5.41, 5.74) is 2.81. The molecule has 31 heavy (non-hydrogen) atoms. The van der Waals surface area contributed by atoms with Gasteiger partial charge in [-0.2, -0.15) is 0 Å². The molecule has 2 aromatic rings. The van der Waals surface area contributed by atoms with Gasteiger partial charge >= 0.3 is 0 Å². The molecule has 6 heteroatoms. The predicted molar refractivity (Wildman–Crippen MR) is 126 cm³/mol. The minimum Gasteiger partial charge on any atom is -0.352 e. The highest BCUT2D eigenvalue weighted by atomic mass is 35.5. The zero-order chi connectivity index (χ0) is 22.4. The third-order valence-electron chi connectivity index (χ3n) is 6.08. The number of nitrogens with one attached hydrogen (secondary N) is 1. The lowest BCUT2D eigenvalue weighted by Gasteiger charge is -2.31. The van der Waals surface area contributed by atoms with Gasteiger partial charge < -0.3 is 10.2 Å². The molecule has 4 nitrogen and oxygen atoms in total. The number of aryl methyl sites for hydroxylation is 1. The van der Waals surface area contributed by atoms with Crippen molar-refractivity contribution in [3.8, 4) is 0 Å². The normalized spacial score (nSPS) is 15.4. The van der Waals surface area contributed by atoms with Crippen LogP contribution < -0.4 is 5.32 Å². The van der Waals surface area contributed by atoms with Crippen LogP contribution in [0.1, 0.15) is 55.7 Å². The van der Waals surface area contributed by atoms with E-state index in [2.05, 4.69) is 5.32 Å². The standard InChI is InChI=1S/C25H30Cl2N2O2/c1-17-8-6-7-9-20(17)16-29(18(2)25(31)28-22-10-4-3-5-11-22)24(30)14-19-12-13-21(26)15-23(19)27/h6-9,12-13,15,18,22H,3-5,10-11,14,16H2,1-2H3,(H,28,31)/t18-/m1/s1. The van der Waals surface area contributed by atoms with E-state index in [1.165, 1.54) is 6.42 Å². The summed E-state index contributed by atoms with van der Waals surface area (Å²) >= 11 is 12.3. The van der Waals surface area contributed by atoms with Crippen LogP contribution in [0, 0.1) is 6.92 Å². The molecule has 1 saturated carbocycles. The van der Waals surface area contributed by atoms with Gasteiger partial charge in [-0.25, -0.2) is 0 Å². The Morgan fingerprint density at radius 2 is 1.77 bits per heavy atom. The number of rotatable bonds is 7. The van der Waals surface area contributed by atoms with Gasteiger partial charge in [-0.15, -0.1) is 0 Å². The maximum atomic E-state index is 13.4. The molecule has 166 valence electrons. The van der Waals surface area contributed by atoms with Crippen LogP contribution in [0.15, 0.2) is 42.5 Å². The van der Waals surface area contributed by atoms with Crippen molar-refractivity contribution in [2.45, 2.75) is 71.0 Å². The molecule has 0 bridgehead atoms. The Kier molecular flexibility index (Phi) is 8.39. The lowest BCUT2D eigenvalue weighted by Crippen LogP contribution is -2.50. The molecule has 1 fully saturated rings. The molecule has 0 saturated heterocycles. The van der Waals surface area contributed by atoms with Crippen molar-refractivity contribution in [1.82, 2.24) is 10.2 Å². The summed E-state index contributed by atoms with van der Waals surface area (Å²) in [6, 6.07) is 12.7. The second-order valence-corrected chi connectivity index (χ2v) is 9.22. The molecule has 1 N–H and O–H groups in total. The first-order valence-electron chi connectivity index (χ1n) is 10.9. The second-order valence-electron chi connectivity index (χ2n) is 8.38. The van der Waals surface area contributed by atoms with Crippen LogP contribution in [0.2, 0.25) is 10.0 Å². The molecule has 0 spiro atoms. The molecule has 2 amide bonds. The van der Waals surface area contributed by atoms with Crippen LogP contribution in [0.5, 0.6) is 0 Å². The maximum Gasteiger partial charge on any atom is 0.242 e. The van der Waals surface area contributed by atoms with Gasteiger partial charge in [0.15, 0.2) is 0 Å². The Balaban J connectivity index is 1.79. The number of carbonyl (C=O) groups excluding carboxylic acids is 2. The highest BCUT2D eigenvalue weighted by molar-refractivity contribution is 6.35. The van der Waals surface area contributed by atoms with Crippen LogP contribution in [0.4, 0.5) is 0 Å². The number of benzene rings is 2. The fourth-order valence-electron chi connectivity index (χ4n) is 4.05. The summed E-state index contributed by atoms with van der Waals surface area (Å²) in [6.07, 6.45) is 5.63. The van der Waals surface area contributed by atoms with E-state index in [-0.39, 0.29) is 24.3 Å². The van der Waals surface area contributed by atoms with Crippen molar-refractivity contribution in [3.63, 3.8) is 0 Å². The molecule has 0 heterocycles. The van der Waals surface area contributed by atoms with Crippen molar-refractivity contribution in [2.75, 3.05) is 0 Å². The summed E-state index contributed by atoms with van der Waals surface area (Å²) in [7, 11) is 0. The van der Waals surface area contributed by atoms with Gasteiger partial charge in [0.25, 0.3) is 0 Å². The Hall–Kier alpha value is -2.04. The fourth-order valence-corrected chi connectivity index (χ4v) is 4.53. The topological polar surface area (TPSA) is 49.4 Å². The zero-order valence-electron chi connectivity index (χ0n) is 18.2. The number of halogens is 2. The predicted octanol–water partition coefficient (Wildman–Crippen LogP) is 5.71. The second kappa shape index (κ2) is 11.0. The Morgan fingerprint density at radius 1 is 1.06 bits per heavy atom. The molecular weight excluding hydrogens is 431 g/mol. The molecule has 1 atom stereocenters. The van der Waals surface area contributed by atoms with Gasteiger partial charge in [0.1, 0.15) is 6.04 Å². The lowest BCUT2D eigenvalue weighted by molar-refractivity contribution is -0.140. The van der Waals surface area contributed by atoms with Crippen molar-refractivity contribution < 1.29 is 9.59 Å². The number of hydrogen-bond acceptors (Lipinski definition) is 2. The average molecular weight is 461 g/mol. The Bertz CT molecular complexity index is 925. The number of nitrogens with zero attached hydrogens (tertiary/aromatic N) is 1. The summed E-state index contributed by atoms with van der Waals surface area (Å²) < 4.78 is 0. The molecule has 0 unspecified atom stereocenters. The third kappa shape index (κ3) is 6.47. The van der Waals surface area contributed by atoms with E-state index in [0.717, 1.165) is 36.8 Å². The summed E-state index contributed by atoms with van der Waals surface area (Å²) in [6.45, 7) is 4.19. The highest BCUT2D eigenvalue weighted by Gasteiger charge is 2.28. The van der Waals surface area contributed by atoms with E-state index in [9.17, 15) is 9.59 Å². The van der Waals surface area contributed by atoms with Gasteiger partial charge in [-0.1, -0.05) is 72.8 Å². The molecule has 0 aliphatic heterocycles. The zero-order valence-corrected chi connectivity index (χ0v) is 19.7. The summed E-state index contributed by atoms with van der Waals surface area (Å²) in [5.74, 6) is -0.241. The Morgan fingerprint density at radius 3 is 2.45 bits per heavy atom. The van der Waals surface area contributed by atoms with Gasteiger partial charge in [0.05, 0.1) is 6.42 Å². The summed E-state index contributed by atoms with van der Waals surface area (Å²) in [5, 5.41) is 4.14. The van der Waals surface area contributed by atoms with Gasteiger partial charge in [-0.3, -0.25) is 9.59 Å². The molecule has 3 rings (SSSR count). The van der Waals surface area contributed by atoms with Crippen molar-refractivity contribution in [2.24, 2.45) is 0 Å². The van der Waals surface area contributed by atoms with Crippen LogP contribution in [0.3, 0.4) is 0 Å². The van der Waals surface area contributed by atoms with Crippen LogP contribution >= 0.6 is 23.2 Å². The lowest BCUT2D eigenvalue weighted by atomic mass is 9.95. The molecule has 1 aliphatic carbocycles. The van der Waals surface area contributed by atoms with E-state index in [4.69, 9.17) is 23.2 Å². The number of carbonyl (C=O) groups is 2. The van der Waals surface area contributed by atoms with Crippen molar-refractivity contribution >= 4 is 35.0 Å². The van der Waals surface area contributed by atoms with E-state index in [1.54, 1.807) is 30.0 Å². The van der Waals surface area contributed by atoms with Gasteiger partial charge in [-0.05, 0) is 55.5 Å². The van der Waals surface area contributed by atoms with E-state index < -0.39 is 6.04 Å². The maximum absolute atomic E-state index is 13.4. The summed E-state index contributed by atoms with van der Waals surface area (Å²) in [4.78, 5) is 28.1. The highest BCUT2D eigenvalue weighted by Crippen LogP contribution is 2.23. The first kappa shape index (κ1) is 23.6. The van der Waals surface area contributed by atoms with E-state index >= 15 is 0 Å². The third-order valence-corrected chi connectivity index (χ3v) is 6.66. The first-order chi connectivity index (χ1) is 14.8. The largest absolute Gasteiger partial charge is 0.352 e. The smallest absolute Gasteiger partial charge is 0.242 e. The molecule has 0 radical (unpaired) electrons. The van der Waals surface area contributed by atoms with Crippen LogP contribution in [0.25, 0.3) is 0 Å². The van der Waals surface area contributed by atoms with Crippen LogP contribution in [-0.2, 0) is 22.6 Å². The van der Waals surface area contributed by atoms with Crippen LogP contribution in [-0.4, -0.2) is 28.8 Å². The quantitative estimate of drug-likeness (QED) is 0.574. The molecule has 0 aromatic heterocycles. The van der Waals surface area contributed by atoms with Crippen molar-refractivity contribution in [3.05, 3.63) is 69.2 Å². The molecular formula is C25H30Cl2N2O2. The van der Waals surface area contributed by atoms with Gasteiger partial charge in [0, 0.05) is 22.6 Å². The van der Waals surface area contributed by atoms with Crippen molar-refractivity contribution in [1.29, 1.82) is 0 Å². The number of amides is 2. The monoisotopic (exact) mass is 460 g/mol. The minimum atomic E-state index is -0.583. The first-order valence-corrected chi connectivity index (χ1v) is 11.7. The van der Waals surface area contributed by atoms with E-state index in [1.807, 2.05) is 31.2 Å². The average Bonchev–Trinajstić information content (AvgIpc) is 2.75. The minimum absolute atomic E-state index is 0.101. The molecule has 1 aliphatic rings. The molecule has 2 aromatic carbocycles. The van der Waals surface area contributed by atoms with E-state index in [0.29, 0.717) is 22.2 Å². The number of hydrogen-bond donors (Lipinski definition) is 1. The van der Waals surface area contributed by atoms with Gasteiger partial charge in [0.2, 0.25) is 11.8 Å².